The Hall–Kier alpha value is -4.29. The predicted octanol–water partition coefficient (Wildman–Crippen LogP) is 3.71. The first kappa shape index (κ1) is 26.3. The van der Waals surface area contributed by atoms with Gasteiger partial charge < -0.3 is 15.8 Å². The molecule has 12 heteroatoms. The van der Waals surface area contributed by atoms with Gasteiger partial charge in [0.15, 0.2) is 11.2 Å². The summed E-state index contributed by atoms with van der Waals surface area (Å²) in [7, 11) is 0. The SMILES string of the molecule is C=CC1=C(C(=O)OC(c2ccccc2)c2ccccc2)N2C(=O)[C@@H](NC(=O)C(N=O)c3csc(N)n3)[C@H]2SC1. The minimum Gasteiger partial charge on any atom is -0.448 e. The number of hydrogen-bond donors (Lipinski definition) is 2. The van der Waals surface area contributed by atoms with Crippen LogP contribution in [-0.4, -0.2) is 44.8 Å². The molecule has 39 heavy (non-hydrogen) atoms. The second-order valence-corrected chi connectivity index (χ2v) is 10.7. The van der Waals surface area contributed by atoms with Crippen LogP contribution >= 0.6 is 23.1 Å². The van der Waals surface area contributed by atoms with Crippen molar-refractivity contribution in [3.05, 3.63) is 112 Å². The monoisotopic (exact) mass is 561 g/mol. The molecule has 1 unspecified atom stereocenters. The number of anilines is 1. The molecule has 0 saturated carbocycles. The molecule has 0 aliphatic carbocycles. The fraction of sp³-hybridized carbons (Fsp3) is 0.185. The Morgan fingerprint density at radius 3 is 2.33 bits per heavy atom. The van der Waals surface area contributed by atoms with Crippen LogP contribution in [0.5, 0.6) is 0 Å². The lowest BCUT2D eigenvalue weighted by Crippen LogP contribution is -2.70. The zero-order valence-electron chi connectivity index (χ0n) is 20.4. The Morgan fingerprint density at radius 2 is 1.79 bits per heavy atom. The fourth-order valence-electron chi connectivity index (χ4n) is 4.43. The number of amides is 2. The quantitative estimate of drug-likeness (QED) is 0.229. The number of carbonyl (C=O) groups is 3. The minimum atomic E-state index is -1.45. The highest BCUT2D eigenvalue weighted by atomic mass is 32.2. The Labute approximate surface area is 231 Å². The van der Waals surface area contributed by atoms with Gasteiger partial charge in [-0.25, -0.2) is 9.78 Å². The van der Waals surface area contributed by atoms with Gasteiger partial charge in [0.2, 0.25) is 6.04 Å². The van der Waals surface area contributed by atoms with E-state index in [0.29, 0.717) is 11.3 Å². The molecule has 2 aliphatic rings. The molecule has 2 amide bonds. The van der Waals surface area contributed by atoms with Gasteiger partial charge in [0.05, 0.1) is 5.69 Å². The molecule has 5 rings (SSSR count). The molecular weight excluding hydrogens is 538 g/mol. The van der Waals surface area contributed by atoms with Crippen LogP contribution in [0.15, 0.2) is 95.1 Å². The maximum atomic E-state index is 13.6. The van der Waals surface area contributed by atoms with Gasteiger partial charge in [-0.15, -0.1) is 28.0 Å². The van der Waals surface area contributed by atoms with Crippen LogP contribution in [0.2, 0.25) is 0 Å². The highest BCUT2D eigenvalue weighted by Crippen LogP contribution is 2.42. The van der Waals surface area contributed by atoms with E-state index < -0.39 is 41.3 Å². The molecule has 0 spiro atoms. The number of nitrogens with two attached hydrogens (primary N) is 1. The van der Waals surface area contributed by atoms with Gasteiger partial charge in [-0.05, 0) is 21.9 Å². The van der Waals surface area contributed by atoms with E-state index in [2.05, 4.69) is 22.1 Å². The lowest BCUT2D eigenvalue weighted by atomic mass is 10.0. The van der Waals surface area contributed by atoms with Gasteiger partial charge in [-0.2, -0.15) is 0 Å². The van der Waals surface area contributed by atoms with Gasteiger partial charge in [-0.3, -0.25) is 14.5 Å². The van der Waals surface area contributed by atoms with Crippen LogP contribution in [0.25, 0.3) is 0 Å². The van der Waals surface area contributed by atoms with Crippen LogP contribution in [0.3, 0.4) is 0 Å². The van der Waals surface area contributed by atoms with Crippen LogP contribution < -0.4 is 11.1 Å². The van der Waals surface area contributed by atoms with Crippen molar-refractivity contribution in [2.75, 3.05) is 11.5 Å². The smallest absolute Gasteiger partial charge is 0.356 e. The van der Waals surface area contributed by atoms with Crippen LogP contribution in [0, 0.1) is 4.91 Å². The van der Waals surface area contributed by atoms with E-state index >= 15 is 0 Å². The standard InChI is InChI=1S/C27H23N5O5S2/c1-2-15-13-38-25-20(30-23(33)19(31-36)18-14-39-27(28)29-18)24(34)32(25)21(15)26(35)37-22(16-9-5-3-6-10-16)17-11-7-4-8-12-17/h2-12,14,19-20,22,25H,1,13H2,(H2,28,29)(H,30,33)/t19?,20-,25-/m1/s1. The summed E-state index contributed by atoms with van der Waals surface area (Å²) in [5.74, 6) is -1.60. The van der Waals surface area contributed by atoms with E-state index in [1.165, 1.54) is 28.1 Å². The molecule has 3 N–H and O–H groups in total. The number of aromatic nitrogens is 1. The number of allylic oxidation sites excluding steroid dienone is 1. The number of rotatable bonds is 9. The summed E-state index contributed by atoms with van der Waals surface area (Å²) in [6.07, 6.45) is 0.821. The first-order valence-corrected chi connectivity index (χ1v) is 13.8. The largest absolute Gasteiger partial charge is 0.448 e. The topological polar surface area (TPSA) is 144 Å². The summed E-state index contributed by atoms with van der Waals surface area (Å²) >= 11 is 2.43. The molecule has 1 fully saturated rings. The summed E-state index contributed by atoms with van der Waals surface area (Å²) in [5, 5.41) is 6.54. The maximum Gasteiger partial charge on any atom is 0.356 e. The Balaban J connectivity index is 1.37. The van der Waals surface area contributed by atoms with Gasteiger partial charge in [-0.1, -0.05) is 73.3 Å². The third-order valence-corrected chi connectivity index (χ3v) is 8.33. The molecular formula is C27H23N5O5S2. The molecule has 10 nitrogen and oxygen atoms in total. The second-order valence-electron chi connectivity index (χ2n) is 8.70. The summed E-state index contributed by atoms with van der Waals surface area (Å²) in [5.41, 5.74) is 7.89. The Bertz CT molecular complexity index is 1420. The number of thioether (sulfide) groups is 1. The van der Waals surface area contributed by atoms with Crippen LogP contribution in [-0.2, 0) is 19.1 Å². The molecule has 2 aliphatic heterocycles. The molecule has 1 saturated heterocycles. The molecule has 0 radical (unpaired) electrons. The summed E-state index contributed by atoms with van der Waals surface area (Å²) < 4.78 is 6.02. The van der Waals surface area contributed by atoms with Crippen molar-refractivity contribution in [3.8, 4) is 0 Å². The van der Waals surface area contributed by atoms with Crippen molar-refractivity contribution in [1.29, 1.82) is 0 Å². The van der Waals surface area contributed by atoms with Gasteiger partial charge in [0, 0.05) is 11.1 Å². The molecule has 1 aromatic heterocycles. The summed E-state index contributed by atoms with van der Waals surface area (Å²) in [4.78, 5) is 56.4. The van der Waals surface area contributed by atoms with Gasteiger partial charge >= 0.3 is 5.97 Å². The van der Waals surface area contributed by atoms with Crippen molar-refractivity contribution in [2.45, 2.75) is 23.6 Å². The Morgan fingerprint density at radius 1 is 1.15 bits per heavy atom. The average Bonchev–Trinajstić information content (AvgIpc) is 3.40. The van der Waals surface area contributed by atoms with Gasteiger partial charge in [0.25, 0.3) is 11.8 Å². The predicted molar refractivity (Wildman–Crippen MR) is 148 cm³/mol. The third-order valence-electron chi connectivity index (χ3n) is 6.34. The van der Waals surface area contributed by atoms with Crippen LogP contribution in [0.1, 0.15) is 29.0 Å². The van der Waals surface area contributed by atoms with E-state index in [-0.39, 0.29) is 16.5 Å². The number of esters is 1. The number of carbonyl (C=O) groups excluding carboxylic acids is 3. The number of nitroso groups, excluding NO2 is 1. The number of benzene rings is 2. The number of hydrogen-bond acceptors (Lipinski definition) is 10. The lowest BCUT2D eigenvalue weighted by molar-refractivity contribution is -0.154. The minimum absolute atomic E-state index is 0.0819. The van der Waals surface area contributed by atoms with E-state index in [0.717, 1.165) is 22.5 Å². The van der Waals surface area contributed by atoms with Crippen molar-refractivity contribution >= 4 is 46.0 Å². The summed E-state index contributed by atoms with van der Waals surface area (Å²) in [6.45, 7) is 3.81. The molecule has 3 aromatic rings. The van der Waals surface area contributed by atoms with Crippen molar-refractivity contribution in [3.63, 3.8) is 0 Å². The highest BCUT2D eigenvalue weighted by Gasteiger charge is 2.55. The maximum absolute atomic E-state index is 13.6. The summed E-state index contributed by atoms with van der Waals surface area (Å²) in [6, 6.07) is 16.2. The molecule has 0 bridgehead atoms. The van der Waals surface area contributed by atoms with E-state index in [1.807, 2.05) is 60.7 Å². The van der Waals surface area contributed by atoms with Crippen molar-refractivity contribution in [1.82, 2.24) is 15.2 Å². The zero-order chi connectivity index (χ0) is 27.5. The number of ether oxygens (including phenoxy) is 1. The van der Waals surface area contributed by atoms with Crippen molar-refractivity contribution < 1.29 is 19.1 Å². The normalized spacial score (nSPS) is 19.1. The number of nitrogen functional groups attached to an aromatic ring is 1. The van der Waals surface area contributed by atoms with E-state index in [1.54, 1.807) is 0 Å². The first-order chi connectivity index (χ1) is 18.9. The zero-order valence-corrected chi connectivity index (χ0v) is 22.1. The third kappa shape index (κ3) is 5.08. The fourth-order valence-corrected chi connectivity index (χ4v) is 6.35. The number of nitrogens with zero attached hydrogens (tertiary/aromatic N) is 3. The molecule has 3 atom stereocenters. The number of β-lactam (4-membered cyclic amide) rings is 1. The van der Waals surface area contributed by atoms with E-state index in [4.69, 9.17) is 10.5 Å². The second kappa shape index (κ2) is 11.2. The molecule has 198 valence electrons. The lowest BCUT2D eigenvalue weighted by Gasteiger charge is -2.49. The van der Waals surface area contributed by atoms with Gasteiger partial charge in [0.1, 0.15) is 17.1 Å². The number of fused-ring (bicyclic) bond motifs is 1. The average molecular weight is 562 g/mol. The molecule has 2 aromatic carbocycles. The Kier molecular flexibility index (Phi) is 7.57. The van der Waals surface area contributed by atoms with Crippen LogP contribution in [0.4, 0.5) is 5.13 Å². The number of thiazole rings is 1. The first-order valence-electron chi connectivity index (χ1n) is 11.9. The highest BCUT2D eigenvalue weighted by molar-refractivity contribution is 8.00. The molecule has 3 heterocycles. The van der Waals surface area contributed by atoms with Crippen molar-refractivity contribution in [2.24, 2.45) is 5.18 Å². The number of nitrogens with one attached hydrogen (secondary N) is 1. The van der Waals surface area contributed by atoms with E-state index in [9.17, 15) is 19.3 Å².